The number of benzene rings is 1. The first kappa shape index (κ1) is 38.2. The van der Waals surface area contributed by atoms with Gasteiger partial charge >= 0.3 is 56.4 Å². The molecule has 0 aliphatic rings. The molecule has 0 N–H and O–H groups in total. The first-order chi connectivity index (χ1) is 18.7. The van der Waals surface area contributed by atoms with E-state index >= 15 is 0 Å². The Morgan fingerprint density at radius 2 is 0.905 bits per heavy atom. The van der Waals surface area contributed by atoms with E-state index in [9.17, 15) is 74.6 Å². The molecule has 0 atom stereocenters. The van der Waals surface area contributed by atoms with Crippen LogP contribution in [0.5, 0.6) is 0 Å². The lowest BCUT2D eigenvalue weighted by Gasteiger charge is -2.42. The van der Waals surface area contributed by atoms with Crippen LogP contribution in [0.25, 0.3) is 0 Å². The predicted octanol–water partition coefficient (Wildman–Crippen LogP) is 8.20. The van der Waals surface area contributed by atoms with Crippen LogP contribution in [-0.4, -0.2) is 76.3 Å². The maximum Gasteiger partial charge on any atom is 0.505 e. The Hall–Kier alpha value is -1.87. The van der Waals surface area contributed by atoms with Crippen molar-refractivity contribution in [2.45, 2.75) is 73.9 Å². The third-order valence-electron chi connectivity index (χ3n) is 5.52. The SMILES string of the molecule is CCO[Si](Cc1ccccc1)(OCC)OCCC(F)(F)C(F)(F)C(F)(F)C(F)(F)C(F)(F)C(F)(F)C(F)(F)C(F)(F)F. The number of hydrogen-bond donors (Lipinski definition) is 0. The molecule has 0 radical (unpaired) electrons. The van der Waals surface area contributed by atoms with Gasteiger partial charge in [-0.1, -0.05) is 30.3 Å². The van der Waals surface area contributed by atoms with Gasteiger partial charge in [-0.25, -0.2) is 0 Å². The molecule has 0 unspecified atom stereocenters. The largest absolute Gasteiger partial charge is 0.505 e. The van der Waals surface area contributed by atoms with Gasteiger partial charge in [-0.2, -0.15) is 74.6 Å². The molecule has 1 aromatic rings. The minimum atomic E-state index is -8.67. The van der Waals surface area contributed by atoms with E-state index in [1.165, 1.54) is 44.2 Å². The molecule has 1 aromatic carbocycles. The molecular formula is C21H21F17O3Si. The van der Waals surface area contributed by atoms with Gasteiger partial charge in [0.05, 0.1) is 0 Å². The number of halogens is 17. The van der Waals surface area contributed by atoms with Crippen molar-refractivity contribution >= 4 is 8.80 Å². The minimum Gasteiger partial charge on any atom is -0.374 e. The molecule has 42 heavy (non-hydrogen) atoms. The van der Waals surface area contributed by atoms with E-state index in [-0.39, 0.29) is 19.3 Å². The first-order valence-electron chi connectivity index (χ1n) is 11.3. The average molecular weight is 672 g/mol. The second kappa shape index (κ2) is 12.3. The molecule has 0 fully saturated rings. The maximum absolute atomic E-state index is 14.2. The number of hydrogen-bond acceptors (Lipinski definition) is 3. The van der Waals surface area contributed by atoms with Gasteiger partial charge in [0.25, 0.3) is 0 Å². The Morgan fingerprint density at radius 1 is 0.524 bits per heavy atom. The molecule has 21 heteroatoms. The Balaban J connectivity index is 3.39. The fourth-order valence-electron chi connectivity index (χ4n) is 3.25. The Labute approximate surface area is 227 Å². The zero-order valence-corrected chi connectivity index (χ0v) is 22.1. The zero-order valence-electron chi connectivity index (χ0n) is 21.1. The van der Waals surface area contributed by atoms with E-state index < -0.39 is 69.5 Å². The summed E-state index contributed by atoms with van der Waals surface area (Å²) in [4.78, 5) is 0. The van der Waals surface area contributed by atoms with Crippen LogP contribution in [0.2, 0.25) is 0 Å². The molecular weight excluding hydrogens is 651 g/mol. The first-order valence-corrected chi connectivity index (χ1v) is 13.3. The van der Waals surface area contributed by atoms with Crippen molar-refractivity contribution in [3.8, 4) is 0 Å². The lowest BCUT2D eigenvalue weighted by Crippen LogP contribution is -2.74. The van der Waals surface area contributed by atoms with Crippen molar-refractivity contribution in [2.24, 2.45) is 0 Å². The fourth-order valence-corrected chi connectivity index (χ4v) is 5.84. The summed E-state index contributed by atoms with van der Waals surface area (Å²) in [5.41, 5.74) is 0.355. The summed E-state index contributed by atoms with van der Waals surface area (Å²) in [5.74, 6) is -56.7. The van der Waals surface area contributed by atoms with Crippen LogP contribution in [0.4, 0.5) is 74.6 Å². The van der Waals surface area contributed by atoms with Gasteiger partial charge in [0, 0.05) is 32.3 Å². The number of rotatable bonds is 16. The highest BCUT2D eigenvalue weighted by Crippen LogP contribution is 2.64. The molecule has 3 nitrogen and oxygen atoms in total. The van der Waals surface area contributed by atoms with Gasteiger partial charge in [-0.05, 0) is 19.4 Å². The molecule has 0 saturated heterocycles. The third kappa shape index (κ3) is 6.47. The van der Waals surface area contributed by atoms with Crippen molar-refractivity contribution in [2.75, 3.05) is 19.8 Å². The minimum absolute atomic E-state index is 0.262. The summed E-state index contributed by atoms with van der Waals surface area (Å²) in [6.07, 6.45) is -10.5. The molecule has 0 saturated carbocycles. The summed E-state index contributed by atoms with van der Waals surface area (Å²) in [6.45, 7) is 0.350. The van der Waals surface area contributed by atoms with Crippen LogP contribution < -0.4 is 0 Å². The van der Waals surface area contributed by atoms with E-state index in [0.717, 1.165) is 0 Å². The highest BCUT2D eigenvalue weighted by molar-refractivity contribution is 6.60. The molecule has 0 aromatic heterocycles. The zero-order chi connectivity index (χ0) is 33.3. The number of alkyl halides is 17. The smallest absolute Gasteiger partial charge is 0.374 e. The van der Waals surface area contributed by atoms with Crippen LogP contribution >= 0.6 is 0 Å². The second-order valence-electron chi connectivity index (χ2n) is 8.46. The molecule has 0 bridgehead atoms. The van der Waals surface area contributed by atoms with Gasteiger partial charge in [0.2, 0.25) is 0 Å². The normalized spacial score (nSPS) is 15.3. The monoisotopic (exact) mass is 672 g/mol. The summed E-state index contributed by atoms with van der Waals surface area (Å²) >= 11 is 0. The summed E-state index contributed by atoms with van der Waals surface area (Å²) in [6, 6.07) is 7.03. The highest BCUT2D eigenvalue weighted by atomic mass is 28.4. The molecule has 0 aliphatic carbocycles. The molecule has 0 spiro atoms. The Kier molecular flexibility index (Phi) is 11.1. The van der Waals surface area contributed by atoms with Crippen molar-refractivity contribution in [3.05, 3.63) is 35.9 Å². The van der Waals surface area contributed by atoms with Crippen LogP contribution in [0.15, 0.2) is 30.3 Å². The van der Waals surface area contributed by atoms with Gasteiger partial charge in [0.1, 0.15) is 0 Å². The van der Waals surface area contributed by atoms with Crippen molar-refractivity contribution in [1.29, 1.82) is 0 Å². The van der Waals surface area contributed by atoms with Crippen LogP contribution in [0, 0.1) is 0 Å². The van der Waals surface area contributed by atoms with Crippen molar-refractivity contribution in [3.63, 3.8) is 0 Å². The fraction of sp³-hybridized carbons (Fsp3) is 0.714. The quantitative estimate of drug-likeness (QED) is 0.131. The highest BCUT2D eigenvalue weighted by Gasteiger charge is 2.95. The Bertz CT molecular complexity index is 1010. The maximum atomic E-state index is 14.2. The van der Waals surface area contributed by atoms with Gasteiger partial charge in [0.15, 0.2) is 0 Å². The van der Waals surface area contributed by atoms with Gasteiger partial charge < -0.3 is 13.3 Å². The van der Waals surface area contributed by atoms with E-state index in [2.05, 4.69) is 0 Å². The van der Waals surface area contributed by atoms with Crippen molar-refractivity contribution < 1.29 is 87.9 Å². The second-order valence-corrected chi connectivity index (χ2v) is 11.0. The molecule has 0 aliphatic heterocycles. The van der Waals surface area contributed by atoms with Crippen LogP contribution in [-0.2, 0) is 19.3 Å². The summed E-state index contributed by atoms with van der Waals surface area (Å²) in [5, 5.41) is 0. The topological polar surface area (TPSA) is 27.7 Å². The van der Waals surface area contributed by atoms with Crippen molar-refractivity contribution in [1.82, 2.24) is 0 Å². The van der Waals surface area contributed by atoms with E-state index in [0.29, 0.717) is 5.56 Å². The Morgan fingerprint density at radius 3 is 1.29 bits per heavy atom. The van der Waals surface area contributed by atoms with Crippen LogP contribution in [0.1, 0.15) is 25.8 Å². The summed E-state index contributed by atoms with van der Waals surface area (Å²) in [7, 11) is -4.19. The lowest BCUT2D eigenvalue weighted by atomic mass is 9.88. The van der Waals surface area contributed by atoms with Crippen LogP contribution in [0.3, 0.4) is 0 Å². The van der Waals surface area contributed by atoms with Gasteiger partial charge in [-0.3, -0.25) is 0 Å². The molecule has 0 amide bonds. The van der Waals surface area contributed by atoms with E-state index in [1.54, 1.807) is 0 Å². The molecule has 0 heterocycles. The van der Waals surface area contributed by atoms with E-state index in [1.807, 2.05) is 0 Å². The van der Waals surface area contributed by atoms with Gasteiger partial charge in [-0.15, -0.1) is 0 Å². The average Bonchev–Trinajstić information content (AvgIpc) is 2.83. The molecule has 246 valence electrons. The van der Waals surface area contributed by atoms with E-state index in [4.69, 9.17) is 13.3 Å². The predicted molar refractivity (Wildman–Crippen MR) is 110 cm³/mol. The molecule has 1 rings (SSSR count). The summed E-state index contributed by atoms with van der Waals surface area (Å²) < 4.78 is 244. The lowest BCUT2D eigenvalue weighted by molar-refractivity contribution is -0.461. The third-order valence-corrected chi connectivity index (χ3v) is 8.46. The standard InChI is InChI=1S/C21H21F17O3Si/c1-3-39-42(40-4-2,12-13-8-6-5-7-9-13)41-11-10-14(22,23)15(24,25)16(26,27)17(28,29)18(30,31)19(32,33)20(34,35)21(36,37)38/h5-9H,3-4,10-12H2,1-2H3.